The van der Waals surface area contributed by atoms with E-state index in [-0.39, 0.29) is 6.54 Å². The van der Waals surface area contributed by atoms with Gasteiger partial charge in [-0.3, -0.25) is 4.31 Å². The number of para-hydroxylation sites is 1. The first-order valence-electron chi connectivity index (χ1n) is 8.69. The molecule has 0 saturated carbocycles. The maximum Gasteiger partial charge on any atom is 0.264 e. The van der Waals surface area contributed by atoms with E-state index >= 15 is 0 Å². The standard InChI is InChI=1S/C22H22BrNO2S/c1-16-7-13-21(14-8-16)27(25,26)24(15-19-9-11-20(23)12-10-19)22-17(2)5-4-6-18(22)3/h4-14H,15H2,1-3H3. The van der Waals surface area contributed by atoms with Gasteiger partial charge in [0.05, 0.1) is 17.1 Å². The van der Waals surface area contributed by atoms with Gasteiger partial charge in [-0.05, 0) is 61.7 Å². The summed E-state index contributed by atoms with van der Waals surface area (Å²) in [5, 5.41) is 0. The Morgan fingerprint density at radius 1 is 0.815 bits per heavy atom. The minimum atomic E-state index is -3.70. The number of hydrogen-bond acceptors (Lipinski definition) is 2. The third kappa shape index (κ3) is 4.25. The molecule has 0 N–H and O–H groups in total. The van der Waals surface area contributed by atoms with Gasteiger partial charge in [-0.25, -0.2) is 8.42 Å². The van der Waals surface area contributed by atoms with Crippen LogP contribution in [0, 0.1) is 20.8 Å². The lowest BCUT2D eigenvalue weighted by Crippen LogP contribution is -2.31. The Bertz CT molecular complexity index is 1020. The van der Waals surface area contributed by atoms with E-state index in [0.29, 0.717) is 4.90 Å². The predicted octanol–water partition coefficient (Wildman–Crippen LogP) is 5.77. The van der Waals surface area contributed by atoms with Crippen LogP contribution >= 0.6 is 15.9 Å². The Hall–Kier alpha value is -2.11. The third-order valence-electron chi connectivity index (χ3n) is 4.54. The molecule has 0 bridgehead atoms. The molecule has 3 aromatic rings. The summed E-state index contributed by atoms with van der Waals surface area (Å²) in [4.78, 5) is 0.299. The molecule has 3 rings (SSSR count). The van der Waals surface area contributed by atoms with Crippen molar-refractivity contribution in [3.05, 3.63) is 93.5 Å². The zero-order valence-electron chi connectivity index (χ0n) is 15.6. The monoisotopic (exact) mass is 443 g/mol. The van der Waals surface area contributed by atoms with Crippen LogP contribution in [-0.4, -0.2) is 8.42 Å². The van der Waals surface area contributed by atoms with Crippen molar-refractivity contribution < 1.29 is 8.42 Å². The smallest absolute Gasteiger partial charge is 0.261 e. The molecule has 0 radical (unpaired) electrons. The van der Waals surface area contributed by atoms with Crippen molar-refractivity contribution in [3.8, 4) is 0 Å². The van der Waals surface area contributed by atoms with Crippen molar-refractivity contribution in [2.45, 2.75) is 32.2 Å². The van der Waals surface area contributed by atoms with Crippen molar-refractivity contribution in [3.63, 3.8) is 0 Å². The minimum absolute atomic E-state index is 0.273. The number of anilines is 1. The first-order valence-corrected chi connectivity index (χ1v) is 10.9. The van der Waals surface area contributed by atoms with Gasteiger partial charge in [0, 0.05) is 4.47 Å². The number of aryl methyl sites for hydroxylation is 3. The Kier molecular flexibility index (Phi) is 5.72. The van der Waals surface area contributed by atoms with Crippen LogP contribution in [-0.2, 0) is 16.6 Å². The summed E-state index contributed by atoms with van der Waals surface area (Å²) in [6.45, 7) is 6.11. The lowest BCUT2D eigenvalue weighted by atomic mass is 10.1. The normalized spacial score (nSPS) is 11.4. The van der Waals surface area contributed by atoms with Crippen LogP contribution in [0.25, 0.3) is 0 Å². The molecule has 140 valence electrons. The van der Waals surface area contributed by atoms with E-state index in [1.54, 1.807) is 12.1 Å². The molecule has 0 saturated heterocycles. The van der Waals surface area contributed by atoms with Gasteiger partial charge in [0.2, 0.25) is 0 Å². The Morgan fingerprint density at radius 2 is 1.37 bits per heavy atom. The van der Waals surface area contributed by atoms with Gasteiger partial charge in [0.25, 0.3) is 10.0 Å². The summed E-state index contributed by atoms with van der Waals surface area (Å²) in [7, 11) is -3.70. The average molecular weight is 444 g/mol. The summed E-state index contributed by atoms with van der Waals surface area (Å²) in [6, 6.07) is 20.6. The summed E-state index contributed by atoms with van der Waals surface area (Å²) < 4.78 is 29.6. The van der Waals surface area contributed by atoms with Gasteiger partial charge in [-0.1, -0.05) is 64.0 Å². The Morgan fingerprint density at radius 3 is 1.93 bits per heavy atom. The highest BCUT2D eigenvalue weighted by atomic mass is 79.9. The molecule has 5 heteroatoms. The van der Waals surface area contributed by atoms with Crippen molar-refractivity contribution in [1.82, 2.24) is 0 Å². The molecule has 0 aromatic heterocycles. The second-order valence-electron chi connectivity index (χ2n) is 6.69. The highest BCUT2D eigenvalue weighted by Crippen LogP contribution is 2.32. The van der Waals surface area contributed by atoms with E-state index in [2.05, 4.69) is 15.9 Å². The second kappa shape index (κ2) is 7.87. The Balaban J connectivity index is 2.14. The van der Waals surface area contributed by atoms with Crippen LogP contribution in [0.1, 0.15) is 22.3 Å². The van der Waals surface area contributed by atoms with E-state index in [1.807, 2.05) is 75.4 Å². The molecule has 3 aromatic carbocycles. The number of rotatable bonds is 5. The fraction of sp³-hybridized carbons (Fsp3) is 0.182. The van der Waals surface area contributed by atoms with E-state index in [9.17, 15) is 8.42 Å². The number of halogens is 1. The lowest BCUT2D eigenvalue weighted by Gasteiger charge is -2.28. The topological polar surface area (TPSA) is 37.4 Å². The van der Waals surface area contributed by atoms with Crippen molar-refractivity contribution in [1.29, 1.82) is 0 Å². The molecule has 0 aliphatic rings. The van der Waals surface area contributed by atoms with E-state index < -0.39 is 10.0 Å². The fourth-order valence-corrected chi connectivity index (χ4v) is 4.92. The van der Waals surface area contributed by atoms with Crippen LogP contribution < -0.4 is 4.31 Å². The highest BCUT2D eigenvalue weighted by molar-refractivity contribution is 9.10. The van der Waals surface area contributed by atoms with E-state index in [4.69, 9.17) is 0 Å². The summed E-state index contributed by atoms with van der Waals surface area (Å²) in [5.41, 5.74) is 4.56. The molecular weight excluding hydrogens is 422 g/mol. The molecule has 0 atom stereocenters. The van der Waals surface area contributed by atoms with Gasteiger partial charge in [0.1, 0.15) is 0 Å². The Labute approximate surface area is 169 Å². The number of benzene rings is 3. The first-order chi connectivity index (χ1) is 12.8. The maximum absolute atomic E-state index is 13.5. The predicted molar refractivity (Wildman–Crippen MR) is 115 cm³/mol. The van der Waals surface area contributed by atoms with Gasteiger partial charge in [-0.2, -0.15) is 0 Å². The van der Waals surface area contributed by atoms with Crippen molar-refractivity contribution >= 4 is 31.6 Å². The third-order valence-corrected chi connectivity index (χ3v) is 6.83. The van der Waals surface area contributed by atoms with Crippen LogP contribution in [0.3, 0.4) is 0 Å². The number of nitrogens with zero attached hydrogens (tertiary/aromatic N) is 1. The molecule has 0 fully saturated rings. The summed E-state index contributed by atoms with van der Waals surface area (Å²) in [5.74, 6) is 0. The average Bonchev–Trinajstić information content (AvgIpc) is 2.62. The molecular formula is C22H22BrNO2S. The molecule has 0 heterocycles. The van der Waals surface area contributed by atoms with Crippen molar-refractivity contribution in [2.75, 3.05) is 4.31 Å². The van der Waals surface area contributed by atoms with Gasteiger partial charge in [-0.15, -0.1) is 0 Å². The van der Waals surface area contributed by atoms with Crippen LogP contribution in [0.2, 0.25) is 0 Å². The zero-order valence-corrected chi connectivity index (χ0v) is 18.0. The van der Waals surface area contributed by atoms with Crippen LogP contribution in [0.4, 0.5) is 5.69 Å². The lowest BCUT2D eigenvalue weighted by molar-refractivity contribution is 0.590. The van der Waals surface area contributed by atoms with Gasteiger partial charge in [0.15, 0.2) is 0 Å². The van der Waals surface area contributed by atoms with Crippen molar-refractivity contribution in [2.24, 2.45) is 0 Å². The molecule has 0 aliphatic heterocycles. The molecule has 27 heavy (non-hydrogen) atoms. The minimum Gasteiger partial charge on any atom is -0.261 e. The van der Waals surface area contributed by atoms with Crippen LogP contribution in [0.15, 0.2) is 76.1 Å². The SMILES string of the molecule is Cc1ccc(S(=O)(=O)N(Cc2ccc(Br)cc2)c2c(C)cccc2C)cc1. The molecule has 3 nitrogen and oxygen atoms in total. The fourth-order valence-electron chi connectivity index (χ4n) is 3.08. The summed E-state index contributed by atoms with van der Waals surface area (Å²) in [6.07, 6.45) is 0. The second-order valence-corrected chi connectivity index (χ2v) is 9.47. The molecule has 0 amide bonds. The quantitative estimate of drug-likeness (QED) is 0.501. The number of hydrogen-bond donors (Lipinski definition) is 0. The largest absolute Gasteiger partial charge is 0.264 e. The number of sulfonamides is 1. The van der Waals surface area contributed by atoms with E-state index in [0.717, 1.165) is 32.4 Å². The molecule has 0 aliphatic carbocycles. The zero-order chi connectivity index (χ0) is 19.6. The van der Waals surface area contributed by atoms with Crippen LogP contribution in [0.5, 0.6) is 0 Å². The molecule has 0 spiro atoms. The highest BCUT2D eigenvalue weighted by Gasteiger charge is 2.27. The first kappa shape index (κ1) is 19.6. The van der Waals surface area contributed by atoms with Gasteiger partial charge >= 0.3 is 0 Å². The molecule has 0 unspecified atom stereocenters. The van der Waals surface area contributed by atoms with E-state index in [1.165, 1.54) is 4.31 Å². The van der Waals surface area contributed by atoms with Gasteiger partial charge < -0.3 is 0 Å². The maximum atomic E-state index is 13.5. The summed E-state index contributed by atoms with van der Waals surface area (Å²) >= 11 is 3.43.